The maximum atomic E-state index is 5.60. The first-order valence-corrected chi connectivity index (χ1v) is 6.25. The standard InChI is InChI=1S/C11H22N2OS/c1-2-6-13(9-11(12)15)7-5-10-4-3-8-14-10/h10H,2-9H2,1H3,(H2,12,15). The van der Waals surface area contributed by atoms with Gasteiger partial charge in [-0.05, 0) is 32.2 Å². The minimum Gasteiger partial charge on any atom is -0.392 e. The predicted octanol–water partition coefficient (Wildman–Crippen LogP) is 1.55. The summed E-state index contributed by atoms with van der Waals surface area (Å²) in [4.78, 5) is 2.92. The number of nitrogens with two attached hydrogens (primary N) is 1. The van der Waals surface area contributed by atoms with Crippen molar-refractivity contribution < 1.29 is 4.74 Å². The van der Waals surface area contributed by atoms with Crippen LogP contribution in [0, 0.1) is 0 Å². The highest BCUT2D eigenvalue weighted by Gasteiger charge is 2.16. The van der Waals surface area contributed by atoms with Crippen molar-refractivity contribution in [2.45, 2.75) is 38.7 Å². The van der Waals surface area contributed by atoms with Gasteiger partial charge in [0.15, 0.2) is 0 Å². The van der Waals surface area contributed by atoms with Crippen LogP contribution in [0.1, 0.15) is 32.6 Å². The van der Waals surface area contributed by atoms with E-state index in [0.717, 1.165) is 39.1 Å². The predicted molar refractivity (Wildman–Crippen MR) is 67.1 cm³/mol. The molecule has 88 valence electrons. The lowest BCUT2D eigenvalue weighted by molar-refractivity contribution is 0.0939. The van der Waals surface area contributed by atoms with E-state index in [9.17, 15) is 0 Å². The molecule has 3 nitrogen and oxygen atoms in total. The van der Waals surface area contributed by atoms with Crippen LogP contribution in [0.5, 0.6) is 0 Å². The first kappa shape index (κ1) is 12.9. The van der Waals surface area contributed by atoms with Crippen molar-refractivity contribution in [2.24, 2.45) is 5.73 Å². The van der Waals surface area contributed by atoms with Gasteiger partial charge in [-0.25, -0.2) is 0 Å². The number of ether oxygens (including phenoxy) is 1. The molecule has 0 radical (unpaired) electrons. The molecule has 0 aliphatic carbocycles. The summed E-state index contributed by atoms with van der Waals surface area (Å²) in [5.41, 5.74) is 5.57. The molecule has 15 heavy (non-hydrogen) atoms. The molecule has 1 heterocycles. The van der Waals surface area contributed by atoms with Crippen LogP contribution in [0.15, 0.2) is 0 Å². The molecule has 0 saturated carbocycles. The van der Waals surface area contributed by atoms with Crippen molar-refractivity contribution in [1.29, 1.82) is 0 Å². The Morgan fingerprint density at radius 3 is 2.87 bits per heavy atom. The molecule has 4 heteroatoms. The topological polar surface area (TPSA) is 38.5 Å². The second kappa shape index (κ2) is 7.14. The fourth-order valence-electron chi connectivity index (χ4n) is 2.01. The zero-order valence-electron chi connectivity index (χ0n) is 9.58. The van der Waals surface area contributed by atoms with Gasteiger partial charge in [0.05, 0.1) is 11.1 Å². The zero-order chi connectivity index (χ0) is 11.1. The monoisotopic (exact) mass is 230 g/mol. The third-order valence-electron chi connectivity index (χ3n) is 2.71. The number of rotatable bonds is 7. The van der Waals surface area contributed by atoms with Crippen LogP contribution in [0.2, 0.25) is 0 Å². The Morgan fingerprint density at radius 1 is 1.53 bits per heavy atom. The van der Waals surface area contributed by atoms with Gasteiger partial charge in [-0.15, -0.1) is 0 Å². The second-order valence-electron chi connectivity index (χ2n) is 4.17. The van der Waals surface area contributed by atoms with Crippen LogP contribution in [-0.4, -0.2) is 42.2 Å². The van der Waals surface area contributed by atoms with Gasteiger partial charge >= 0.3 is 0 Å². The molecule has 1 aliphatic heterocycles. The maximum absolute atomic E-state index is 5.60. The highest BCUT2D eigenvalue weighted by Crippen LogP contribution is 2.15. The highest BCUT2D eigenvalue weighted by atomic mass is 32.1. The van der Waals surface area contributed by atoms with Gasteiger partial charge in [0.25, 0.3) is 0 Å². The first-order chi connectivity index (χ1) is 7.22. The molecule has 0 aromatic rings. The minimum absolute atomic E-state index is 0.468. The average Bonchev–Trinajstić information content (AvgIpc) is 2.66. The van der Waals surface area contributed by atoms with Gasteiger partial charge < -0.3 is 10.5 Å². The molecule has 1 saturated heterocycles. The van der Waals surface area contributed by atoms with Gasteiger partial charge in [0.2, 0.25) is 0 Å². The van der Waals surface area contributed by atoms with E-state index in [2.05, 4.69) is 11.8 Å². The SMILES string of the molecule is CCCN(CCC1CCCO1)CC(N)=S. The Hall–Kier alpha value is -0.190. The van der Waals surface area contributed by atoms with Crippen LogP contribution >= 0.6 is 12.2 Å². The molecular weight excluding hydrogens is 208 g/mol. The summed E-state index contributed by atoms with van der Waals surface area (Å²) >= 11 is 4.94. The summed E-state index contributed by atoms with van der Waals surface area (Å²) in [6, 6.07) is 0. The largest absolute Gasteiger partial charge is 0.392 e. The molecule has 2 N–H and O–H groups in total. The lowest BCUT2D eigenvalue weighted by Crippen LogP contribution is -2.35. The van der Waals surface area contributed by atoms with Gasteiger partial charge in [-0.1, -0.05) is 19.1 Å². The lowest BCUT2D eigenvalue weighted by Gasteiger charge is -2.22. The van der Waals surface area contributed by atoms with E-state index in [-0.39, 0.29) is 0 Å². The Kier molecular flexibility index (Phi) is 6.13. The summed E-state index contributed by atoms with van der Waals surface area (Å²) in [5.74, 6) is 0. The normalized spacial score (nSPS) is 21.1. The van der Waals surface area contributed by atoms with Crippen LogP contribution in [0.25, 0.3) is 0 Å². The van der Waals surface area contributed by atoms with E-state index >= 15 is 0 Å². The van der Waals surface area contributed by atoms with E-state index in [0.29, 0.717) is 11.1 Å². The lowest BCUT2D eigenvalue weighted by atomic mass is 10.2. The van der Waals surface area contributed by atoms with Gasteiger partial charge in [-0.2, -0.15) is 0 Å². The summed E-state index contributed by atoms with van der Waals surface area (Å²) in [7, 11) is 0. The van der Waals surface area contributed by atoms with Crippen LogP contribution in [0.3, 0.4) is 0 Å². The number of nitrogens with zero attached hydrogens (tertiary/aromatic N) is 1. The summed E-state index contributed by atoms with van der Waals surface area (Å²) in [6.45, 7) is 5.99. The van der Waals surface area contributed by atoms with Crippen molar-refractivity contribution in [2.75, 3.05) is 26.2 Å². The molecular formula is C11H22N2OS. The Morgan fingerprint density at radius 2 is 2.33 bits per heavy atom. The molecule has 0 aromatic carbocycles. The van der Waals surface area contributed by atoms with Crippen molar-refractivity contribution in [3.8, 4) is 0 Å². The highest BCUT2D eigenvalue weighted by molar-refractivity contribution is 7.80. The molecule has 0 aromatic heterocycles. The van der Waals surface area contributed by atoms with Gasteiger partial charge in [-0.3, -0.25) is 4.90 Å². The van der Waals surface area contributed by atoms with E-state index in [1.807, 2.05) is 0 Å². The molecule has 1 aliphatic rings. The molecule has 0 bridgehead atoms. The average molecular weight is 230 g/mol. The van der Waals surface area contributed by atoms with Gasteiger partial charge in [0.1, 0.15) is 0 Å². The minimum atomic E-state index is 0.468. The fraction of sp³-hybridized carbons (Fsp3) is 0.909. The number of hydrogen-bond acceptors (Lipinski definition) is 3. The van der Waals surface area contributed by atoms with Crippen molar-refractivity contribution in [1.82, 2.24) is 4.90 Å². The summed E-state index contributed by atoms with van der Waals surface area (Å²) in [6.07, 6.45) is 5.16. The van der Waals surface area contributed by atoms with E-state index in [1.54, 1.807) is 0 Å². The van der Waals surface area contributed by atoms with Crippen molar-refractivity contribution in [3.05, 3.63) is 0 Å². The quantitative estimate of drug-likeness (QED) is 0.674. The van der Waals surface area contributed by atoms with Crippen molar-refractivity contribution in [3.63, 3.8) is 0 Å². The molecule has 1 unspecified atom stereocenters. The second-order valence-corrected chi connectivity index (χ2v) is 4.69. The molecule has 1 atom stereocenters. The van der Waals surface area contributed by atoms with E-state index in [1.165, 1.54) is 12.8 Å². The third-order valence-corrected chi connectivity index (χ3v) is 2.84. The summed E-state index contributed by atoms with van der Waals surface area (Å²) < 4.78 is 5.60. The van der Waals surface area contributed by atoms with Crippen LogP contribution < -0.4 is 5.73 Å². The van der Waals surface area contributed by atoms with E-state index in [4.69, 9.17) is 22.7 Å². The Bertz CT molecular complexity index is 193. The molecule has 1 fully saturated rings. The third kappa shape index (κ3) is 5.44. The summed E-state index contributed by atoms with van der Waals surface area (Å²) in [5, 5.41) is 0. The molecule has 0 spiro atoms. The van der Waals surface area contributed by atoms with Gasteiger partial charge in [0, 0.05) is 19.7 Å². The van der Waals surface area contributed by atoms with Crippen molar-refractivity contribution >= 4 is 17.2 Å². The molecule has 0 amide bonds. The van der Waals surface area contributed by atoms with Crippen LogP contribution in [-0.2, 0) is 4.74 Å². The van der Waals surface area contributed by atoms with E-state index < -0.39 is 0 Å². The first-order valence-electron chi connectivity index (χ1n) is 5.84. The number of thiocarbonyl (C=S) groups is 1. The Balaban J connectivity index is 2.20. The zero-order valence-corrected chi connectivity index (χ0v) is 10.4. The maximum Gasteiger partial charge on any atom is 0.0870 e. The number of hydrogen-bond donors (Lipinski definition) is 1. The Labute approximate surface area is 98.0 Å². The smallest absolute Gasteiger partial charge is 0.0870 e. The fourth-order valence-corrected chi connectivity index (χ4v) is 2.19. The molecule has 1 rings (SSSR count). The van der Waals surface area contributed by atoms with Crippen LogP contribution in [0.4, 0.5) is 0 Å².